The molecule has 5 aromatic rings. The number of nitrogens with zero attached hydrogens (tertiary/aromatic N) is 7. The lowest BCUT2D eigenvalue weighted by Crippen LogP contribution is -2.36. The monoisotopic (exact) mass is 517 g/mol. The molecule has 0 bridgehead atoms. The highest BCUT2D eigenvalue weighted by Gasteiger charge is 2.29. The summed E-state index contributed by atoms with van der Waals surface area (Å²) in [7, 11) is 0. The molecule has 0 spiro atoms. The number of carbonyl (C=O) groups is 1. The van der Waals surface area contributed by atoms with Gasteiger partial charge in [-0.15, -0.1) is 0 Å². The van der Waals surface area contributed by atoms with Gasteiger partial charge in [-0.05, 0) is 43.2 Å². The smallest absolute Gasteiger partial charge is 0.315 e. The molecule has 2 N–H and O–H groups in total. The summed E-state index contributed by atoms with van der Waals surface area (Å²) in [5, 5.41) is 15.5. The van der Waals surface area contributed by atoms with E-state index in [1.54, 1.807) is 16.9 Å². The molecule has 0 radical (unpaired) electrons. The number of hydrogen-bond donors (Lipinski definition) is 2. The maximum Gasteiger partial charge on any atom is 0.315 e. The van der Waals surface area contributed by atoms with Crippen molar-refractivity contribution in [3.63, 3.8) is 0 Å². The van der Waals surface area contributed by atoms with Crippen LogP contribution < -0.4 is 10.6 Å². The second-order valence-corrected chi connectivity index (χ2v) is 9.08. The summed E-state index contributed by atoms with van der Waals surface area (Å²) in [6.45, 7) is 0.243. The summed E-state index contributed by atoms with van der Waals surface area (Å²) in [5.74, 6) is 1.62. The summed E-state index contributed by atoms with van der Waals surface area (Å²) < 4.78 is 17.1. The standard InChI is InChI=1S/C25H21ClFN9O/c26-19-8-7-17(10-20(19)27)35-22(31-14-32-35)12-29-25(37)30-13-23-33-24(16-3-4-16)34-36(23)18-6-5-15-2-1-9-28-21(15)11-18/h1-2,5-11,14,16H,3-4,12-13H2,(H2,29,30,37). The fourth-order valence-electron chi connectivity index (χ4n) is 3.98. The molecule has 1 aliphatic carbocycles. The van der Waals surface area contributed by atoms with Crippen LogP contribution in [0.25, 0.3) is 22.3 Å². The van der Waals surface area contributed by atoms with Crippen molar-refractivity contribution in [2.24, 2.45) is 0 Å². The Hall–Kier alpha value is -4.38. The first-order valence-electron chi connectivity index (χ1n) is 11.7. The normalized spacial score (nSPS) is 13.1. The quantitative estimate of drug-likeness (QED) is 0.336. The van der Waals surface area contributed by atoms with E-state index in [0.717, 1.165) is 35.3 Å². The molecule has 0 aliphatic heterocycles. The Bertz CT molecular complexity index is 1610. The third-order valence-electron chi connectivity index (χ3n) is 6.05. The summed E-state index contributed by atoms with van der Waals surface area (Å²) in [4.78, 5) is 25.9. The molecule has 2 aromatic carbocycles. The molecular formula is C25H21ClFN9O. The van der Waals surface area contributed by atoms with Crippen molar-refractivity contribution in [3.05, 3.63) is 89.4 Å². The van der Waals surface area contributed by atoms with E-state index >= 15 is 0 Å². The number of benzene rings is 2. The van der Waals surface area contributed by atoms with Crippen molar-refractivity contribution in [1.29, 1.82) is 0 Å². The largest absolute Gasteiger partial charge is 0.331 e. The van der Waals surface area contributed by atoms with Gasteiger partial charge >= 0.3 is 6.03 Å². The Morgan fingerprint density at radius 3 is 2.59 bits per heavy atom. The zero-order chi connectivity index (χ0) is 25.4. The van der Waals surface area contributed by atoms with E-state index in [-0.39, 0.29) is 18.1 Å². The van der Waals surface area contributed by atoms with Gasteiger partial charge in [-0.2, -0.15) is 10.2 Å². The van der Waals surface area contributed by atoms with Gasteiger partial charge in [0.05, 0.1) is 35.0 Å². The Labute approximate surface area is 215 Å². The minimum Gasteiger partial charge on any atom is -0.331 e. The van der Waals surface area contributed by atoms with Crippen molar-refractivity contribution in [3.8, 4) is 11.4 Å². The highest BCUT2D eigenvalue weighted by atomic mass is 35.5. The predicted molar refractivity (Wildman–Crippen MR) is 134 cm³/mol. The van der Waals surface area contributed by atoms with Crippen LogP contribution in [-0.4, -0.2) is 40.5 Å². The lowest BCUT2D eigenvalue weighted by molar-refractivity contribution is 0.239. The Balaban J connectivity index is 1.15. The molecule has 12 heteroatoms. The molecule has 3 heterocycles. The van der Waals surface area contributed by atoms with Crippen molar-refractivity contribution >= 4 is 28.5 Å². The average molecular weight is 518 g/mol. The molecule has 0 unspecified atom stereocenters. The van der Waals surface area contributed by atoms with Crippen LogP contribution in [0.3, 0.4) is 0 Å². The number of pyridine rings is 1. The third-order valence-corrected chi connectivity index (χ3v) is 6.35. The molecule has 1 saturated carbocycles. The van der Waals surface area contributed by atoms with E-state index in [9.17, 15) is 9.18 Å². The van der Waals surface area contributed by atoms with E-state index in [2.05, 4.69) is 25.7 Å². The van der Waals surface area contributed by atoms with Crippen LogP contribution in [0.15, 0.2) is 61.1 Å². The average Bonchev–Trinajstić information content (AvgIpc) is 3.50. The summed E-state index contributed by atoms with van der Waals surface area (Å²) in [5.41, 5.74) is 2.12. The van der Waals surface area contributed by atoms with E-state index in [1.165, 1.54) is 23.1 Å². The van der Waals surface area contributed by atoms with Crippen molar-refractivity contribution in [2.45, 2.75) is 31.8 Å². The number of carbonyl (C=O) groups excluding carboxylic acids is 1. The minimum atomic E-state index is -0.566. The first kappa shape index (κ1) is 23.0. The molecule has 186 valence electrons. The molecule has 1 aliphatic rings. The summed E-state index contributed by atoms with van der Waals surface area (Å²) in [6, 6.07) is 13.7. The molecule has 0 atom stereocenters. The molecule has 3 aromatic heterocycles. The first-order chi connectivity index (χ1) is 18.0. The van der Waals surface area contributed by atoms with Crippen LogP contribution in [0.5, 0.6) is 0 Å². The fourth-order valence-corrected chi connectivity index (χ4v) is 4.10. The first-order valence-corrected chi connectivity index (χ1v) is 12.1. The number of hydrogen-bond acceptors (Lipinski definition) is 6. The second kappa shape index (κ2) is 9.58. The fraction of sp³-hybridized carbons (Fsp3) is 0.200. The van der Waals surface area contributed by atoms with Crippen molar-refractivity contribution < 1.29 is 9.18 Å². The number of urea groups is 1. The van der Waals surface area contributed by atoms with Crippen LogP contribution >= 0.6 is 11.6 Å². The number of amides is 2. The lowest BCUT2D eigenvalue weighted by atomic mass is 10.2. The van der Waals surface area contributed by atoms with Crippen LogP contribution in [0.1, 0.15) is 36.2 Å². The number of rotatable bonds is 7. The summed E-state index contributed by atoms with van der Waals surface area (Å²) >= 11 is 5.77. The molecule has 6 rings (SSSR count). The van der Waals surface area contributed by atoms with Crippen LogP contribution in [0.2, 0.25) is 5.02 Å². The molecule has 10 nitrogen and oxygen atoms in total. The molecule has 37 heavy (non-hydrogen) atoms. The van der Waals surface area contributed by atoms with Gasteiger partial charge in [-0.25, -0.2) is 28.5 Å². The predicted octanol–water partition coefficient (Wildman–Crippen LogP) is 4.07. The number of nitrogens with one attached hydrogen (secondary N) is 2. The third kappa shape index (κ3) is 4.85. The Morgan fingerprint density at radius 1 is 1.00 bits per heavy atom. The van der Waals surface area contributed by atoms with Gasteiger partial charge in [-0.3, -0.25) is 4.98 Å². The number of aromatic nitrogens is 7. The minimum absolute atomic E-state index is 0.0144. The van der Waals surface area contributed by atoms with Gasteiger partial charge in [0, 0.05) is 23.6 Å². The van der Waals surface area contributed by atoms with Gasteiger partial charge < -0.3 is 10.6 Å². The Morgan fingerprint density at radius 2 is 1.78 bits per heavy atom. The zero-order valence-electron chi connectivity index (χ0n) is 19.5. The van der Waals surface area contributed by atoms with Crippen LogP contribution in [-0.2, 0) is 13.1 Å². The van der Waals surface area contributed by atoms with Gasteiger partial charge in [0.2, 0.25) is 0 Å². The van der Waals surface area contributed by atoms with Crippen molar-refractivity contribution in [1.82, 2.24) is 45.1 Å². The van der Waals surface area contributed by atoms with Gasteiger partial charge in [0.1, 0.15) is 12.1 Å². The molecule has 2 amide bonds. The summed E-state index contributed by atoms with van der Waals surface area (Å²) in [6.07, 6.45) is 5.21. The highest BCUT2D eigenvalue weighted by Crippen LogP contribution is 2.38. The van der Waals surface area contributed by atoms with Crippen LogP contribution in [0, 0.1) is 5.82 Å². The number of fused-ring (bicyclic) bond motifs is 1. The highest BCUT2D eigenvalue weighted by molar-refractivity contribution is 6.30. The van der Waals surface area contributed by atoms with Gasteiger partial charge in [-0.1, -0.05) is 23.7 Å². The zero-order valence-corrected chi connectivity index (χ0v) is 20.2. The SMILES string of the molecule is O=C(NCc1ncnn1-c1ccc(Cl)c(F)c1)NCc1nc(C2CC2)nn1-c1ccc2cccnc2c1. The molecule has 0 saturated heterocycles. The Kier molecular flexibility index (Phi) is 5.97. The van der Waals surface area contributed by atoms with E-state index in [4.69, 9.17) is 21.7 Å². The molecular weight excluding hydrogens is 497 g/mol. The van der Waals surface area contributed by atoms with Gasteiger partial charge in [0.25, 0.3) is 0 Å². The van der Waals surface area contributed by atoms with E-state index in [1.807, 2.05) is 30.3 Å². The van der Waals surface area contributed by atoms with E-state index in [0.29, 0.717) is 23.3 Å². The lowest BCUT2D eigenvalue weighted by Gasteiger charge is -2.10. The second-order valence-electron chi connectivity index (χ2n) is 8.68. The van der Waals surface area contributed by atoms with Gasteiger partial charge in [0.15, 0.2) is 17.5 Å². The topological polar surface area (TPSA) is 115 Å². The van der Waals surface area contributed by atoms with Crippen LogP contribution in [0.4, 0.5) is 9.18 Å². The maximum atomic E-state index is 13.9. The van der Waals surface area contributed by atoms with E-state index < -0.39 is 11.8 Å². The number of halogens is 2. The maximum absolute atomic E-state index is 13.9. The van der Waals surface area contributed by atoms with Crippen molar-refractivity contribution in [2.75, 3.05) is 0 Å². The molecule has 1 fully saturated rings.